The van der Waals surface area contributed by atoms with Gasteiger partial charge in [0.2, 0.25) is 0 Å². The zero-order valence-electron chi connectivity index (χ0n) is 11.4. The number of rotatable bonds is 2. The van der Waals surface area contributed by atoms with E-state index >= 15 is 0 Å². The van der Waals surface area contributed by atoms with Gasteiger partial charge in [0.15, 0.2) is 0 Å². The minimum absolute atomic E-state index is 0.0898. The highest BCUT2D eigenvalue weighted by Gasteiger charge is 2.22. The quantitative estimate of drug-likeness (QED) is 0.840. The van der Waals surface area contributed by atoms with Crippen molar-refractivity contribution in [3.8, 4) is 10.4 Å². The van der Waals surface area contributed by atoms with Crippen molar-refractivity contribution in [2.75, 3.05) is 13.1 Å². The maximum atomic E-state index is 12.7. The first-order chi connectivity index (χ1) is 9.86. The zero-order chi connectivity index (χ0) is 13.8. The SMILES string of the molecule is O=C(c1ncsc1-c1ccccc1)N1CCCCCC1. The van der Waals surface area contributed by atoms with Crippen molar-refractivity contribution >= 4 is 17.2 Å². The van der Waals surface area contributed by atoms with E-state index in [9.17, 15) is 4.79 Å². The molecule has 1 saturated heterocycles. The molecule has 2 heterocycles. The summed E-state index contributed by atoms with van der Waals surface area (Å²) < 4.78 is 0. The Balaban J connectivity index is 1.87. The second-order valence-corrected chi connectivity index (χ2v) is 5.96. The van der Waals surface area contributed by atoms with Crippen LogP contribution in [0, 0.1) is 0 Å². The third-order valence-corrected chi connectivity index (χ3v) is 4.57. The molecule has 0 bridgehead atoms. The predicted octanol–water partition coefficient (Wildman–Crippen LogP) is 3.83. The Morgan fingerprint density at radius 2 is 1.75 bits per heavy atom. The van der Waals surface area contributed by atoms with Crippen molar-refractivity contribution in [2.24, 2.45) is 0 Å². The average Bonchev–Trinajstić information content (AvgIpc) is 2.82. The average molecular weight is 286 g/mol. The van der Waals surface area contributed by atoms with Crippen molar-refractivity contribution in [3.63, 3.8) is 0 Å². The van der Waals surface area contributed by atoms with E-state index in [4.69, 9.17) is 0 Å². The molecule has 1 aromatic heterocycles. The molecule has 1 aliphatic rings. The van der Waals surface area contributed by atoms with Crippen LogP contribution < -0.4 is 0 Å². The second-order valence-electron chi connectivity index (χ2n) is 5.10. The first-order valence-electron chi connectivity index (χ1n) is 7.14. The van der Waals surface area contributed by atoms with Crippen molar-refractivity contribution in [2.45, 2.75) is 25.7 Å². The van der Waals surface area contributed by atoms with Gasteiger partial charge in [0, 0.05) is 13.1 Å². The number of hydrogen-bond acceptors (Lipinski definition) is 3. The van der Waals surface area contributed by atoms with Crippen LogP contribution >= 0.6 is 11.3 Å². The Kier molecular flexibility index (Phi) is 4.11. The highest BCUT2D eigenvalue weighted by Crippen LogP contribution is 2.28. The van der Waals surface area contributed by atoms with Crippen molar-refractivity contribution in [1.29, 1.82) is 0 Å². The Morgan fingerprint density at radius 1 is 1.05 bits per heavy atom. The van der Waals surface area contributed by atoms with Crippen molar-refractivity contribution in [1.82, 2.24) is 9.88 Å². The molecule has 20 heavy (non-hydrogen) atoms. The number of carbonyl (C=O) groups excluding carboxylic acids is 1. The summed E-state index contributed by atoms with van der Waals surface area (Å²) in [6.07, 6.45) is 4.67. The standard InChI is InChI=1S/C16H18N2OS/c19-16(18-10-6-1-2-7-11-18)14-15(20-12-17-14)13-8-4-3-5-9-13/h3-5,8-9,12H,1-2,6-7,10-11H2. The fraction of sp³-hybridized carbons (Fsp3) is 0.375. The summed E-state index contributed by atoms with van der Waals surface area (Å²) in [7, 11) is 0. The van der Waals surface area contributed by atoms with E-state index in [1.165, 1.54) is 12.8 Å². The van der Waals surface area contributed by atoms with Crippen LogP contribution in [0.4, 0.5) is 0 Å². The summed E-state index contributed by atoms with van der Waals surface area (Å²) in [5, 5.41) is 0. The highest BCUT2D eigenvalue weighted by molar-refractivity contribution is 7.13. The molecule has 0 atom stereocenters. The molecule has 3 rings (SSSR count). The Labute approximate surface area is 123 Å². The van der Waals surface area contributed by atoms with Gasteiger partial charge in [0.25, 0.3) is 5.91 Å². The topological polar surface area (TPSA) is 33.2 Å². The van der Waals surface area contributed by atoms with Gasteiger partial charge in [-0.05, 0) is 18.4 Å². The summed E-state index contributed by atoms with van der Waals surface area (Å²) in [5.74, 6) is 0.0898. The molecule has 0 radical (unpaired) electrons. The van der Waals surface area contributed by atoms with Crippen molar-refractivity contribution in [3.05, 3.63) is 41.5 Å². The van der Waals surface area contributed by atoms with Gasteiger partial charge in [-0.25, -0.2) is 4.98 Å². The lowest BCUT2D eigenvalue weighted by Crippen LogP contribution is -2.32. The third-order valence-electron chi connectivity index (χ3n) is 3.70. The Morgan fingerprint density at radius 3 is 2.45 bits per heavy atom. The molecule has 1 amide bonds. The predicted molar refractivity (Wildman–Crippen MR) is 81.9 cm³/mol. The Bertz CT molecular complexity index is 571. The first kappa shape index (κ1) is 13.3. The smallest absolute Gasteiger partial charge is 0.273 e. The van der Waals surface area contributed by atoms with E-state index in [1.807, 2.05) is 35.2 Å². The molecule has 0 N–H and O–H groups in total. The molecule has 2 aromatic rings. The molecular formula is C16H18N2OS. The van der Waals surface area contributed by atoms with Gasteiger partial charge in [0.1, 0.15) is 5.69 Å². The van der Waals surface area contributed by atoms with Gasteiger partial charge >= 0.3 is 0 Å². The van der Waals surface area contributed by atoms with Crippen LogP contribution in [-0.2, 0) is 0 Å². The number of nitrogens with zero attached hydrogens (tertiary/aromatic N) is 2. The van der Waals surface area contributed by atoms with Gasteiger partial charge in [0.05, 0.1) is 10.4 Å². The van der Waals surface area contributed by atoms with E-state index in [-0.39, 0.29) is 5.91 Å². The van der Waals surface area contributed by atoms with Gasteiger partial charge < -0.3 is 4.90 Å². The summed E-state index contributed by atoms with van der Waals surface area (Å²) >= 11 is 1.54. The van der Waals surface area contributed by atoms with Gasteiger partial charge in [-0.1, -0.05) is 43.2 Å². The maximum Gasteiger partial charge on any atom is 0.273 e. The molecule has 3 nitrogen and oxygen atoms in total. The number of hydrogen-bond donors (Lipinski definition) is 0. The van der Waals surface area contributed by atoms with Crippen LogP contribution in [-0.4, -0.2) is 28.9 Å². The molecule has 1 aromatic carbocycles. The van der Waals surface area contributed by atoms with Gasteiger partial charge in [-0.15, -0.1) is 11.3 Å². The summed E-state index contributed by atoms with van der Waals surface area (Å²) in [6.45, 7) is 1.73. The van der Waals surface area contributed by atoms with E-state index in [2.05, 4.69) is 4.98 Å². The third kappa shape index (κ3) is 2.75. The number of carbonyl (C=O) groups is 1. The van der Waals surface area contributed by atoms with Crippen LogP contribution in [0.15, 0.2) is 35.8 Å². The van der Waals surface area contributed by atoms with Gasteiger partial charge in [-0.2, -0.15) is 0 Å². The second kappa shape index (κ2) is 6.18. The maximum absolute atomic E-state index is 12.7. The lowest BCUT2D eigenvalue weighted by atomic mass is 10.1. The lowest BCUT2D eigenvalue weighted by Gasteiger charge is -2.19. The molecule has 0 spiro atoms. The normalized spacial score (nSPS) is 15.9. The van der Waals surface area contributed by atoms with Gasteiger partial charge in [-0.3, -0.25) is 4.79 Å². The monoisotopic (exact) mass is 286 g/mol. The van der Waals surface area contributed by atoms with Crippen LogP contribution in [0.3, 0.4) is 0 Å². The molecule has 0 aliphatic carbocycles. The minimum atomic E-state index is 0.0898. The Hall–Kier alpha value is -1.68. The number of likely N-dealkylation sites (tertiary alicyclic amines) is 1. The first-order valence-corrected chi connectivity index (χ1v) is 8.02. The summed E-state index contributed by atoms with van der Waals surface area (Å²) in [5.41, 5.74) is 3.46. The number of thiazole rings is 1. The van der Waals surface area contributed by atoms with Crippen LogP contribution in [0.2, 0.25) is 0 Å². The molecular weight excluding hydrogens is 268 g/mol. The van der Waals surface area contributed by atoms with E-state index in [1.54, 1.807) is 16.8 Å². The fourth-order valence-corrected chi connectivity index (χ4v) is 3.40. The van der Waals surface area contributed by atoms with Crippen LogP contribution in [0.5, 0.6) is 0 Å². The summed E-state index contributed by atoms with van der Waals surface area (Å²) in [4.78, 5) is 20.0. The molecule has 1 fully saturated rings. The summed E-state index contributed by atoms with van der Waals surface area (Å²) in [6, 6.07) is 10.0. The number of benzene rings is 1. The van der Waals surface area contributed by atoms with E-state index in [0.717, 1.165) is 36.4 Å². The van der Waals surface area contributed by atoms with Crippen LogP contribution in [0.25, 0.3) is 10.4 Å². The van der Waals surface area contributed by atoms with Crippen molar-refractivity contribution < 1.29 is 4.79 Å². The molecule has 104 valence electrons. The van der Waals surface area contributed by atoms with Crippen LogP contribution in [0.1, 0.15) is 36.2 Å². The number of amides is 1. The largest absolute Gasteiger partial charge is 0.337 e. The molecule has 0 unspecified atom stereocenters. The molecule has 0 saturated carbocycles. The zero-order valence-corrected chi connectivity index (χ0v) is 12.2. The lowest BCUT2D eigenvalue weighted by molar-refractivity contribution is 0.0757. The highest BCUT2D eigenvalue weighted by atomic mass is 32.1. The fourth-order valence-electron chi connectivity index (χ4n) is 2.62. The van der Waals surface area contributed by atoms with E-state index in [0.29, 0.717) is 5.69 Å². The minimum Gasteiger partial charge on any atom is -0.337 e. The number of aromatic nitrogens is 1. The molecule has 4 heteroatoms. The molecule has 1 aliphatic heterocycles. The van der Waals surface area contributed by atoms with E-state index < -0.39 is 0 Å².